The van der Waals surface area contributed by atoms with E-state index in [-0.39, 0.29) is 17.5 Å². The van der Waals surface area contributed by atoms with Crippen molar-refractivity contribution in [2.45, 2.75) is 19.4 Å². The summed E-state index contributed by atoms with van der Waals surface area (Å²) in [6.45, 7) is 6.69. The first kappa shape index (κ1) is 25.5. The van der Waals surface area contributed by atoms with Crippen LogP contribution >= 0.6 is 0 Å². The summed E-state index contributed by atoms with van der Waals surface area (Å²) >= 11 is 0. The van der Waals surface area contributed by atoms with E-state index < -0.39 is 5.91 Å². The Morgan fingerprint density at radius 1 is 1.11 bits per heavy atom. The first-order chi connectivity index (χ1) is 18.0. The van der Waals surface area contributed by atoms with Gasteiger partial charge in [-0.05, 0) is 48.7 Å². The number of carbonyl (C=O) groups is 2. The molecule has 0 spiro atoms. The fraction of sp³-hybridized carbons (Fsp3) is 0.429. The quantitative estimate of drug-likeness (QED) is 0.360. The molecular weight excluding hydrogens is 475 g/mol. The number of hydrogen-bond acceptors (Lipinski definition) is 6. The van der Waals surface area contributed by atoms with Crippen molar-refractivity contribution in [3.05, 3.63) is 70.7 Å². The number of amides is 1. The van der Waals surface area contributed by atoms with Crippen LogP contribution in [-0.4, -0.2) is 84.2 Å². The van der Waals surface area contributed by atoms with Gasteiger partial charge in [-0.25, -0.2) is 9.87 Å². The average Bonchev–Trinajstić information content (AvgIpc) is 3.22. The second kappa shape index (κ2) is 11.1. The number of Topliss-reactive ketones (excluding diaryl/α,β-unsaturated/α-hetero) is 1. The van der Waals surface area contributed by atoms with Crippen LogP contribution in [0.4, 0.5) is 4.39 Å². The lowest BCUT2D eigenvalue weighted by atomic mass is 9.84. The van der Waals surface area contributed by atoms with Crippen LogP contribution in [0.3, 0.4) is 0 Å². The predicted octanol–water partition coefficient (Wildman–Crippen LogP) is 2.96. The molecule has 1 aromatic heterocycles. The standard InChI is InChI=1S/C28H33FN4O4/c1-37-15-14-31-10-12-32(13-11-31)18-21-6-8-25-26(27(21)34)23-16-22(29)7-9-24(23)33(25)17-19-2-4-20(5-3-19)28(35)30-36/h2-5,7,9,16,21,36H,6,8,10-15,17-18H2,1H3,(H,30,35). The van der Waals surface area contributed by atoms with E-state index in [0.29, 0.717) is 23.1 Å². The lowest BCUT2D eigenvalue weighted by Gasteiger charge is -2.36. The highest BCUT2D eigenvalue weighted by molar-refractivity contribution is 6.11. The molecule has 0 radical (unpaired) electrons. The minimum atomic E-state index is -0.571. The maximum atomic E-state index is 14.3. The maximum Gasteiger partial charge on any atom is 0.274 e. The number of hydroxylamine groups is 1. The number of halogens is 1. The van der Waals surface area contributed by atoms with E-state index in [0.717, 1.165) is 75.5 Å². The van der Waals surface area contributed by atoms with Gasteiger partial charge in [-0.1, -0.05) is 12.1 Å². The molecule has 2 N–H and O–H groups in total. The molecule has 1 amide bonds. The van der Waals surface area contributed by atoms with Gasteiger partial charge in [0.1, 0.15) is 5.82 Å². The molecule has 0 bridgehead atoms. The van der Waals surface area contributed by atoms with Crippen LogP contribution in [0.5, 0.6) is 0 Å². The molecule has 3 aromatic rings. The molecule has 1 atom stereocenters. The van der Waals surface area contributed by atoms with Gasteiger partial charge in [0, 0.05) is 86.6 Å². The fourth-order valence-electron chi connectivity index (χ4n) is 5.65. The molecule has 196 valence electrons. The van der Waals surface area contributed by atoms with Gasteiger partial charge in [0.25, 0.3) is 5.91 Å². The first-order valence-corrected chi connectivity index (χ1v) is 12.8. The molecule has 1 fully saturated rings. The minimum Gasteiger partial charge on any atom is -0.383 e. The number of fused-ring (bicyclic) bond motifs is 3. The summed E-state index contributed by atoms with van der Waals surface area (Å²) < 4.78 is 21.6. The van der Waals surface area contributed by atoms with E-state index in [1.165, 1.54) is 12.1 Å². The highest BCUT2D eigenvalue weighted by Crippen LogP contribution is 2.36. The van der Waals surface area contributed by atoms with Crippen molar-refractivity contribution in [3.63, 3.8) is 0 Å². The Morgan fingerprint density at radius 2 is 1.84 bits per heavy atom. The summed E-state index contributed by atoms with van der Waals surface area (Å²) in [7, 11) is 1.72. The maximum absolute atomic E-state index is 14.3. The van der Waals surface area contributed by atoms with Crippen molar-refractivity contribution in [1.82, 2.24) is 19.8 Å². The molecule has 0 saturated carbocycles. The largest absolute Gasteiger partial charge is 0.383 e. The summed E-state index contributed by atoms with van der Waals surface area (Å²) in [5, 5.41) is 9.53. The van der Waals surface area contributed by atoms with Gasteiger partial charge in [-0.3, -0.25) is 19.7 Å². The third-order valence-corrected chi connectivity index (χ3v) is 7.69. The van der Waals surface area contributed by atoms with E-state index in [1.807, 2.05) is 12.1 Å². The number of nitrogens with one attached hydrogen (secondary N) is 1. The molecule has 2 aliphatic rings. The number of aromatic nitrogens is 1. The smallest absolute Gasteiger partial charge is 0.274 e. The zero-order valence-corrected chi connectivity index (χ0v) is 21.1. The van der Waals surface area contributed by atoms with Crippen molar-refractivity contribution in [1.29, 1.82) is 0 Å². The van der Waals surface area contributed by atoms with Gasteiger partial charge in [0.05, 0.1) is 6.61 Å². The Hall–Kier alpha value is -3.11. The van der Waals surface area contributed by atoms with Crippen LogP contribution in [0.15, 0.2) is 42.5 Å². The van der Waals surface area contributed by atoms with Crippen LogP contribution in [-0.2, 0) is 17.7 Å². The van der Waals surface area contributed by atoms with Gasteiger partial charge in [0.15, 0.2) is 5.78 Å². The van der Waals surface area contributed by atoms with Gasteiger partial charge in [0.2, 0.25) is 0 Å². The molecule has 1 saturated heterocycles. The van der Waals surface area contributed by atoms with Crippen molar-refractivity contribution in [2.24, 2.45) is 5.92 Å². The SMILES string of the molecule is COCCN1CCN(CC2CCc3c(c4cc(F)ccc4n3Cc3ccc(C(=O)NO)cc3)C2=O)CC1. The normalized spacial score (nSPS) is 18.8. The zero-order valence-electron chi connectivity index (χ0n) is 21.1. The minimum absolute atomic E-state index is 0.100. The molecule has 2 heterocycles. The number of rotatable bonds is 8. The van der Waals surface area contributed by atoms with Crippen LogP contribution in [0.1, 0.15) is 38.4 Å². The Labute approximate surface area is 215 Å². The molecule has 9 heteroatoms. The van der Waals surface area contributed by atoms with Crippen LogP contribution in [0, 0.1) is 11.7 Å². The van der Waals surface area contributed by atoms with E-state index >= 15 is 0 Å². The van der Waals surface area contributed by atoms with Crippen molar-refractivity contribution in [2.75, 3.05) is 53.0 Å². The number of methoxy groups -OCH3 is 1. The number of ketones is 1. The predicted molar refractivity (Wildman–Crippen MR) is 138 cm³/mol. The summed E-state index contributed by atoms with van der Waals surface area (Å²) in [6.07, 6.45) is 1.52. The van der Waals surface area contributed by atoms with Gasteiger partial charge < -0.3 is 14.2 Å². The Morgan fingerprint density at radius 3 is 2.54 bits per heavy atom. The van der Waals surface area contributed by atoms with Crippen molar-refractivity contribution in [3.8, 4) is 0 Å². The van der Waals surface area contributed by atoms with Gasteiger partial charge >= 0.3 is 0 Å². The number of ether oxygens (including phenoxy) is 1. The summed E-state index contributed by atoms with van der Waals surface area (Å²) in [4.78, 5) is 30.2. The Kier molecular flexibility index (Phi) is 7.66. The van der Waals surface area contributed by atoms with E-state index in [1.54, 1.807) is 30.8 Å². The third-order valence-electron chi connectivity index (χ3n) is 7.69. The van der Waals surface area contributed by atoms with E-state index in [9.17, 15) is 14.0 Å². The van der Waals surface area contributed by atoms with Crippen molar-refractivity contribution < 1.29 is 23.9 Å². The molecule has 37 heavy (non-hydrogen) atoms. The summed E-state index contributed by atoms with van der Waals surface area (Å²) in [5.74, 6) is -0.920. The molecule has 8 nitrogen and oxygen atoms in total. The topological polar surface area (TPSA) is 87.0 Å². The lowest BCUT2D eigenvalue weighted by Crippen LogP contribution is -2.49. The van der Waals surface area contributed by atoms with E-state index in [2.05, 4.69) is 14.4 Å². The molecule has 1 aliphatic heterocycles. The second-order valence-corrected chi connectivity index (χ2v) is 9.94. The second-order valence-electron chi connectivity index (χ2n) is 9.94. The van der Waals surface area contributed by atoms with Gasteiger partial charge in [-0.15, -0.1) is 0 Å². The number of benzene rings is 2. The van der Waals surface area contributed by atoms with Crippen molar-refractivity contribution >= 4 is 22.6 Å². The monoisotopic (exact) mass is 508 g/mol. The highest BCUT2D eigenvalue weighted by atomic mass is 19.1. The highest BCUT2D eigenvalue weighted by Gasteiger charge is 2.34. The molecule has 1 aliphatic carbocycles. The van der Waals surface area contributed by atoms with Crippen LogP contribution in [0.2, 0.25) is 0 Å². The number of nitrogens with zero attached hydrogens (tertiary/aromatic N) is 3. The number of piperazine rings is 1. The van der Waals surface area contributed by atoms with Gasteiger partial charge in [-0.2, -0.15) is 0 Å². The molecular formula is C28H33FN4O4. The summed E-state index contributed by atoms with van der Waals surface area (Å²) in [6, 6.07) is 11.6. The lowest BCUT2D eigenvalue weighted by molar-refractivity contribution is 0.0705. The average molecular weight is 509 g/mol. The summed E-state index contributed by atoms with van der Waals surface area (Å²) in [5.41, 5.74) is 5.37. The zero-order chi connectivity index (χ0) is 25.9. The third kappa shape index (κ3) is 5.31. The van der Waals surface area contributed by atoms with Crippen LogP contribution in [0.25, 0.3) is 10.9 Å². The fourth-order valence-corrected chi connectivity index (χ4v) is 5.65. The molecule has 2 aromatic carbocycles. The number of hydrogen-bond donors (Lipinski definition) is 2. The van der Waals surface area contributed by atoms with Crippen LogP contribution < -0.4 is 5.48 Å². The number of carbonyl (C=O) groups excluding carboxylic acids is 2. The van der Waals surface area contributed by atoms with E-state index in [4.69, 9.17) is 9.94 Å². The molecule has 5 rings (SSSR count). The molecule has 1 unspecified atom stereocenters. The Balaban J connectivity index is 1.37. The Bertz CT molecular complexity index is 1280. The first-order valence-electron chi connectivity index (χ1n) is 12.8.